The van der Waals surface area contributed by atoms with Crippen LogP contribution in [-0.4, -0.2) is 28.3 Å². The maximum atomic E-state index is 12.9. The molecule has 5 heteroatoms. The van der Waals surface area contributed by atoms with Gasteiger partial charge in [-0.15, -0.1) is 0 Å². The van der Waals surface area contributed by atoms with Gasteiger partial charge in [0.25, 0.3) is 5.91 Å². The molecule has 3 aromatic rings. The Labute approximate surface area is 139 Å². The highest BCUT2D eigenvalue weighted by Gasteiger charge is 2.21. The van der Waals surface area contributed by atoms with E-state index >= 15 is 0 Å². The highest BCUT2D eigenvalue weighted by atomic mass is 32.1. The maximum absolute atomic E-state index is 12.9. The van der Waals surface area contributed by atoms with E-state index in [2.05, 4.69) is 4.37 Å². The van der Waals surface area contributed by atoms with Gasteiger partial charge in [0.15, 0.2) is 0 Å². The summed E-state index contributed by atoms with van der Waals surface area (Å²) in [4.78, 5) is 14.7. The topological polar surface area (TPSA) is 59.2 Å². The van der Waals surface area contributed by atoms with Gasteiger partial charge in [-0.2, -0.15) is 4.37 Å². The van der Waals surface area contributed by atoms with Crippen molar-refractivity contribution in [2.75, 3.05) is 13.1 Å². The standard InChI is InChI=1S/C18H19N3OS/c1-13-7-8-16-15(11-13)17(20-23-16)18(22)21(10-9-19)12-14-5-3-2-4-6-14/h2-8,11H,9-10,12,19H2,1H3. The fourth-order valence-corrected chi connectivity index (χ4v) is 3.32. The molecule has 0 saturated carbocycles. The van der Waals surface area contributed by atoms with Crippen LogP contribution < -0.4 is 5.73 Å². The van der Waals surface area contributed by atoms with Crippen molar-refractivity contribution in [3.05, 3.63) is 65.4 Å². The average molecular weight is 325 g/mol. The van der Waals surface area contributed by atoms with Crippen LogP contribution in [0, 0.1) is 6.92 Å². The summed E-state index contributed by atoms with van der Waals surface area (Å²) in [7, 11) is 0. The van der Waals surface area contributed by atoms with Crippen LogP contribution in [-0.2, 0) is 6.54 Å². The van der Waals surface area contributed by atoms with Crippen molar-refractivity contribution in [1.82, 2.24) is 9.27 Å². The van der Waals surface area contributed by atoms with Crippen molar-refractivity contribution < 1.29 is 4.79 Å². The van der Waals surface area contributed by atoms with Gasteiger partial charge < -0.3 is 10.6 Å². The third kappa shape index (κ3) is 3.41. The van der Waals surface area contributed by atoms with Crippen LogP contribution in [0.3, 0.4) is 0 Å². The Bertz CT molecular complexity index is 814. The van der Waals surface area contributed by atoms with Gasteiger partial charge in [-0.25, -0.2) is 0 Å². The summed E-state index contributed by atoms with van der Waals surface area (Å²) in [6, 6.07) is 16.0. The zero-order valence-electron chi connectivity index (χ0n) is 13.0. The summed E-state index contributed by atoms with van der Waals surface area (Å²) in [6.45, 7) is 3.51. The molecule has 0 radical (unpaired) electrons. The fourth-order valence-electron chi connectivity index (χ4n) is 2.57. The first kappa shape index (κ1) is 15.6. The lowest BCUT2D eigenvalue weighted by molar-refractivity contribution is 0.0745. The third-order valence-electron chi connectivity index (χ3n) is 3.73. The number of rotatable bonds is 5. The molecule has 1 heterocycles. The fraction of sp³-hybridized carbons (Fsp3) is 0.222. The van der Waals surface area contributed by atoms with E-state index in [1.165, 1.54) is 11.5 Å². The molecule has 0 atom stereocenters. The SMILES string of the molecule is Cc1ccc2snc(C(=O)N(CCN)Cc3ccccc3)c2c1. The van der Waals surface area contributed by atoms with Crippen LogP contribution in [0.15, 0.2) is 48.5 Å². The Morgan fingerprint density at radius 1 is 1.22 bits per heavy atom. The first-order chi connectivity index (χ1) is 11.2. The van der Waals surface area contributed by atoms with Crippen LogP contribution in [0.25, 0.3) is 10.1 Å². The molecular weight excluding hydrogens is 306 g/mol. The molecule has 4 nitrogen and oxygen atoms in total. The Morgan fingerprint density at radius 2 is 2.00 bits per heavy atom. The van der Waals surface area contributed by atoms with Gasteiger partial charge in [-0.1, -0.05) is 42.0 Å². The molecular formula is C18H19N3OS. The van der Waals surface area contributed by atoms with E-state index in [0.717, 1.165) is 21.2 Å². The number of aromatic nitrogens is 1. The quantitative estimate of drug-likeness (QED) is 0.783. The Hall–Kier alpha value is -2.24. The molecule has 1 amide bonds. The van der Waals surface area contributed by atoms with Crippen molar-refractivity contribution in [2.45, 2.75) is 13.5 Å². The van der Waals surface area contributed by atoms with Gasteiger partial charge in [0.1, 0.15) is 5.69 Å². The second-order valence-electron chi connectivity index (χ2n) is 5.53. The third-order valence-corrected chi connectivity index (χ3v) is 4.56. The van der Waals surface area contributed by atoms with Gasteiger partial charge in [0.05, 0.1) is 4.70 Å². The van der Waals surface area contributed by atoms with Crippen LogP contribution in [0.1, 0.15) is 21.6 Å². The van der Waals surface area contributed by atoms with Crippen molar-refractivity contribution >= 4 is 27.5 Å². The Kier molecular flexibility index (Phi) is 4.69. The minimum Gasteiger partial charge on any atom is -0.332 e. The molecule has 1 aromatic heterocycles. The molecule has 2 aromatic carbocycles. The van der Waals surface area contributed by atoms with E-state index < -0.39 is 0 Å². The van der Waals surface area contributed by atoms with E-state index in [0.29, 0.717) is 25.3 Å². The molecule has 2 N–H and O–H groups in total. The van der Waals surface area contributed by atoms with Crippen molar-refractivity contribution in [2.24, 2.45) is 5.73 Å². The number of nitrogens with two attached hydrogens (primary N) is 1. The van der Waals surface area contributed by atoms with Gasteiger partial charge in [-0.05, 0) is 36.2 Å². The van der Waals surface area contributed by atoms with Crippen molar-refractivity contribution in [3.63, 3.8) is 0 Å². The lowest BCUT2D eigenvalue weighted by atomic mass is 10.1. The highest BCUT2D eigenvalue weighted by molar-refractivity contribution is 7.13. The summed E-state index contributed by atoms with van der Waals surface area (Å²) in [6.07, 6.45) is 0. The maximum Gasteiger partial charge on any atom is 0.274 e. The van der Waals surface area contributed by atoms with E-state index in [9.17, 15) is 4.79 Å². The normalized spacial score (nSPS) is 10.9. The van der Waals surface area contributed by atoms with Crippen LogP contribution in [0.5, 0.6) is 0 Å². The predicted molar refractivity (Wildman–Crippen MR) is 94.6 cm³/mol. The van der Waals surface area contributed by atoms with Crippen molar-refractivity contribution in [3.8, 4) is 0 Å². The van der Waals surface area contributed by atoms with E-state index in [4.69, 9.17) is 5.73 Å². The second kappa shape index (κ2) is 6.89. The van der Waals surface area contributed by atoms with E-state index in [-0.39, 0.29) is 5.91 Å². The number of hydrogen-bond donors (Lipinski definition) is 1. The van der Waals surface area contributed by atoms with Gasteiger partial charge in [0.2, 0.25) is 0 Å². The first-order valence-electron chi connectivity index (χ1n) is 7.58. The number of nitrogens with zero attached hydrogens (tertiary/aromatic N) is 2. The number of carbonyl (C=O) groups excluding carboxylic acids is 1. The molecule has 0 saturated heterocycles. The van der Waals surface area contributed by atoms with Gasteiger partial charge in [0, 0.05) is 25.0 Å². The van der Waals surface area contributed by atoms with Crippen LogP contribution in [0.2, 0.25) is 0 Å². The first-order valence-corrected chi connectivity index (χ1v) is 8.35. The molecule has 23 heavy (non-hydrogen) atoms. The monoisotopic (exact) mass is 325 g/mol. The molecule has 0 fully saturated rings. The number of fused-ring (bicyclic) bond motifs is 1. The summed E-state index contributed by atoms with van der Waals surface area (Å²) in [5.74, 6) is -0.0591. The lowest BCUT2D eigenvalue weighted by Crippen LogP contribution is -2.35. The zero-order chi connectivity index (χ0) is 16.2. The Balaban J connectivity index is 1.92. The number of benzene rings is 2. The largest absolute Gasteiger partial charge is 0.332 e. The molecule has 0 aliphatic heterocycles. The molecule has 0 bridgehead atoms. The van der Waals surface area contributed by atoms with Gasteiger partial charge in [-0.3, -0.25) is 4.79 Å². The smallest absolute Gasteiger partial charge is 0.274 e. The molecule has 0 unspecified atom stereocenters. The summed E-state index contributed by atoms with van der Waals surface area (Å²) < 4.78 is 5.42. The lowest BCUT2D eigenvalue weighted by Gasteiger charge is -2.21. The minimum atomic E-state index is -0.0591. The molecule has 118 valence electrons. The van der Waals surface area contributed by atoms with Crippen LogP contribution in [0.4, 0.5) is 0 Å². The number of hydrogen-bond acceptors (Lipinski definition) is 4. The second-order valence-corrected chi connectivity index (χ2v) is 6.34. The number of aryl methyl sites for hydroxylation is 1. The Morgan fingerprint density at radius 3 is 2.74 bits per heavy atom. The number of amides is 1. The zero-order valence-corrected chi connectivity index (χ0v) is 13.8. The average Bonchev–Trinajstić information content (AvgIpc) is 2.97. The number of carbonyl (C=O) groups is 1. The highest BCUT2D eigenvalue weighted by Crippen LogP contribution is 2.25. The molecule has 3 rings (SSSR count). The van der Waals surface area contributed by atoms with Crippen LogP contribution >= 0.6 is 11.5 Å². The van der Waals surface area contributed by atoms with E-state index in [1.54, 1.807) is 4.90 Å². The summed E-state index contributed by atoms with van der Waals surface area (Å²) >= 11 is 1.36. The summed E-state index contributed by atoms with van der Waals surface area (Å²) in [5, 5.41) is 0.926. The van der Waals surface area contributed by atoms with Gasteiger partial charge >= 0.3 is 0 Å². The molecule has 0 aliphatic carbocycles. The van der Waals surface area contributed by atoms with Crippen molar-refractivity contribution in [1.29, 1.82) is 0 Å². The molecule has 0 spiro atoms. The predicted octanol–water partition coefficient (Wildman–Crippen LogP) is 3.21. The van der Waals surface area contributed by atoms with E-state index in [1.807, 2.05) is 55.5 Å². The molecule has 0 aliphatic rings. The summed E-state index contributed by atoms with van der Waals surface area (Å²) in [5.41, 5.74) is 8.44. The minimum absolute atomic E-state index is 0.0591.